The highest BCUT2D eigenvalue weighted by molar-refractivity contribution is 5.76. The maximum Gasteiger partial charge on any atom is 0.310 e. The van der Waals surface area contributed by atoms with Gasteiger partial charge in [-0.15, -0.1) is 0 Å². The molecule has 2 rings (SSSR count). The summed E-state index contributed by atoms with van der Waals surface area (Å²) in [6.45, 7) is 2.74. The van der Waals surface area contributed by atoms with E-state index in [1.54, 1.807) is 4.68 Å². The molecule has 8 heteroatoms. The number of rotatable bonds is 7. The lowest BCUT2D eigenvalue weighted by atomic mass is 10.2. The van der Waals surface area contributed by atoms with Crippen molar-refractivity contribution in [1.29, 1.82) is 0 Å². The summed E-state index contributed by atoms with van der Waals surface area (Å²) in [6.07, 6.45) is 2.90. The van der Waals surface area contributed by atoms with Gasteiger partial charge in [0.15, 0.2) is 11.6 Å². The minimum atomic E-state index is -0.555. The fourth-order valence-electron chi connectivity index (χ4n) is 1.81. The molecule has 0 radical (unpaired) electrons. The molecule has 1 heterocycles. The molecule has 0 fully saturated rings. The average molecular weight is 290 g/mol. The number of hydrogen-bond acceptors (Lipinski definition) is 6. The van der Waals surface area contributed by atoms with E-state index in [0.717, 1.165) is 6.42 Å². The predicted octanol–water partition coefficient (Wildman–Crippen LogP) is 1.99. The van der Waals surface area contributed by atoms with Crippen molar-refractivity contribution in [2.24, 2.45) is 0 Å². The quantitative estimate of drug-likeness (QED) is 0.439. The molecule has 110 valence electrons. The largest absolute Gasteiger partial charge is 0.479 e. The van der Waals surface area contributed by atoms with Gasteiger partial charge in [-0.05, 0) is 18.6 Å². The van der Waals surface area contributed by atoms with E-state index in [9.17, 15) is 14.9 Å². The van der Waals surface area contributed by atoms with Crippen LogP contribution in [0.5, 0.6) is 5.75 Å². The van der Waals surface area contributed by atoms with Crippen LogP contribution in [0.3, 0.4) is 0 Å². The molecule has 1 aromatic carbocycles. The molecule has 0 spiro atoms. The Morgan fingerprint density at radius 1 is 1.48 bits per heavy atom. The van der Waals surface area contributed by atoms with E-state index < -0.39 is 4.92 Å². The van der Waals surface area contributed by atoms with E-state index >= 15 is 0 Å². The highest BCUT2D eigenvalue weighted by Gasteiger charge is 2.16. The summed E-state index contributed by atoms with van der Waals surface area (Å²) in [5, 5.41) is 15.0. The Bertz CT molecular complexity index is 653. The molecule has 2 aromatic rings. The number of hydrogen-bond donors (Lipinski definition) is 0. The van der Waals surface area contributed by atoms with Gasteiger partial charge >= 0.3 is 5.69 Å². The predicted molar refractivity (Wildman–Crippen MR) is 73.1 cm³/mol. The Kier molecular flexibility index (Phi) is 4.60. The number of ether oxygens (including phenoxy) is 1. The number of nitro groups is 1. The smallest absolute Gasteiger partial charge is 0.310 e. The first-order valence-corrected chi connectivity index (χ1v) is 6.38. The first-order valence-electron chi connectivity index (χ1n) is 6.38. The number of carbonyl (C=O) groups is 1. The lowest BCUT2D eigenvalue weighted by Crippen LogP contribution is -2.09. The molecule has 8 nitrogen and oxygen atoms in total. The number of carbonyl (C=O) groups excluding carboxylic acids is 1. The van der Waals surface area contributed by atoms with Crippen LogP contribution >= 0.6 is 0 Å². The van der Waals surface area contributed by atoms with Gasteiger partial charge in [-0.25, -0.2) is 9.67 Å². The van der Waals surface area contributed by atoms with E-state index in [-0.39, 0.29) is 18.0 Å². The molecule has 0 bridgehead atoms. The van der Waals surface area contributed by atoms with Crippen LogP contribution in [0.25, 0.3) is 0 Å². The molecular weight excluding hydrogens is 276 g/mol. The number of aromatic nitrogens is 3. The molecule has 0 amide bonds. The SMILES string of the molecule is CCCn1ncnc1COc1cc(C=O)ccc1[N+](=O)[O-]. The maximum absolute atomic E-state index is 11.0. The molecule has 0 N–H and O–H groups in total. The summed E-state index contributed by atoms with van der Waals surface area (Å²) in [5.41, 5.74) is 0.118. The van der Waals surface area contributed by atoms with Crippen LogP contribution < -0.4 is 4.74 Å². The van der Waals surface area contributed by atoms with E-state index in [1.165, 1.54) is 24.5 Å². The molecule has 0 unspecified atom stereocenters. The van der Waals surface area contributed by atoms with Gasteiger partial charge in [0, 0.05) is 18.2 Å². The van der Waals surface area contributed by atoms with Gasteiger partial charge in [0.1, 0.15) is 19.2 Å². The molecule has 0 saturated heterocycles. The van der Waals surface area contributed by atoms with Crippen LogP contribution in [-0.4, -0.2) is 26.0 Å². The lowest BCUT2D eigenvalue weighted by molar-refractivity contribution is -0.386. The van der Waals surface area contributed by atoms with E-state index in [4.69, 9.17) is 4.74 Å². The fourth-order valence-corrected chi connectivity index (χ4v) is 1.81. The summed E-state index contributed by atoms with van der Waals surface area (Å²) in [4.78, 5) is 25.2. The summed E-state index contributed by atoms with van der Waals surface area (Å²) < 4.78 is 7.12. The lowest BCUT2D eigenvalue weighted by Gasteiger charge is -2.08. The minimum Gasteiger partial charge on any atom is -0.479 e. The van der Waals surface area contributed by atoms with Crippen molar-refractivity contribution < 1.29 is 14.5 Å². The normalized spacial score (nSPS) is 10.3. The summed E-state index contributed by atoms with van der Waals surface area (Å²) >= 11 is 0. The Hall–Kier alpha value is -2.77. The van der Waals surface area contributed by atoms with Crippen molar-refractivity contribution in [3.8, 4) is 5.75 Å². The topological polar surface area (TPSA) is 100 Å². The monoisotopic (exact) mass is 290 g/mol. The second-order valence-electron chi connectivity index (χ2n) is 4.29. The van der Waals surface area contributed by atoms with Gasteiger partial charge < -0.3 is 4.74 Å². The van der Waals surface area contributed by atoms with Crippen molar-refractivity contribution >= 4 is 12.0 Å². The molecule has 1 aromatic heterocycles. The van der Waals surface area contributed by atoms with Crippen molar-refractivity contribution in [3.05, 3.63) is 46.0 Å². The number of aryl methyl sites for hydroxylation is 1. The Balaban J connectivity index is 2.20. The zero-order valence-electron chi connectivity index (χ0n) is 11.4. The molecule has 0 aliphatic heterocycles. The zero-order chi connectivity index (χ0) is 15.2. The first kappa shape index (κ1) is 14.6. The molecule has 0 aliphatic carbocycles. The number of nitrogens with zero attached hydrogens (tertiary/aromatic N) is 4. The highest BCUT2D eigenvalue weighted by Crippen LogP contribution is 2.28. The molecule has 21 heavy (non-hydrogen) atoms. The minimum absolute atomic E-state index is 0.0376. The molecule has 0 saturated carbocycles. The number of aldehydes is 1. The van der Waals surface area contributed by atoms with E-state index in [2.05, 4.69) is 10.1 Å². The Morgan fingerprint density at radius 3 is 2.95 bits per heavy atom. The highest BCUT2D eigenvalue weighted by atomic mass is 16.6. The Morgan fingerprint density at radius 2 is 2.29 bits per heavy atom. The molecular formula is C13H14N4O4. The summed E-state index contributed by atoms with van der Waals surface area (Å²) in [7, 11) is 0. The third-order valence-corrected chi connectivity index (χ3v) is 2.80. The summed E-state index contributed by atoms with van der Waals surface area (Å²) in [5.74, 6) is 0.610. The summed E-state index contributed by atoms with van der Waals surface area (Å²) in [6, 6.07) is 3.96. The zero-order valence-corrected chi connectivity index (χ0v) is 11.4. The molecule has 0 aliphatic rings. The van der Waals surface area contributed by atoms with Crippen molar-refractivity contribution in [2.45, 2.75) is 26.5 Å². The van der Waals surface area contributed by atoms with Gasteiger partial charge in [0.05, 0.1) is 4.92 Å². The number of benzene rings is 1. The Labute approximate surface area is 120 Å². The number of nitro benzene ring substituents is 1. The second-order valence-corrected chi connectivity index (χ2v) is 4.29. The van der Waals surface area contributed by atoms with Crippen LogP contribution in [-0.2, 0) is 13.2 Å². The van der Waals surface area contributed by atoms with E-state index in [1.807, 2.05) is 6.92 Å². The van der Waals surface area contributed by atoms with Crippen molar-refractivity contribution in [1.82, 2.24) is 14.8 Å². The maximum atomic E-state index is 11.0. The van der Waals surface area contributed by atoms with Crippen LogP contribution in [0.2, 0.25) is 0 Å². The van der Waals surface area contributed by atoms with Crippen molar-refractivity contribution in [2.75, 3.05) is 0 Å². The van der Waals surface area contributed by atoms with E-state index in [0.29, 0.717) is 24.2 Å². The third kappa shape index (κ3) is 3.41. The van der Waals surface area contributed by atoms with Gasteiger partial charge in [0.2, 0.25) is 0 Å². The van der Waals surface area contributed by atoms with Crippen LogP contribution in [0.1, 0.15) is 29.5 Å². The fraction of sp³-hybridized carbons (Fsp3) is 0.308. The standard InChI is InChI=1S/C13H14N4O4/c1-2-5-16-13(14-9-15-16)8-21-12-6-10(7-18)3-4-11(12)17(19)20/h3-4,6-7,9H,2,5,8H2,1H3. The average Bonchev–Trinajstić information content (AvgIpc) is 2.92. The second kappa shape index (κ2) is 6.60. The van der Waals surface area contributed by atoms with Crippen LogP contribution in [0.4, 0.5) is 5.69 Å². The van der Waals surface area contributed by atoms with Crippen molar-refractivity contribution in [3.63, 3.8) is 0 Å². The van der Waals surface area contributed by atoms with Gasteiger partial charge in [-0.3, -0.25) is 14.9 Å². The third-order valence-electron chi connectivity index (χ3n) is 2.80. The van der Waals surface area contributed by atoms with Crippen LogP contribution in [0, 0.1) is 10.1 Å². The van der Waals surface area contributed by atoms with Crippen LogP contribution in [0.15, 0.2) is 24.5 Å². The van der Waals surface area contributed by atoms with Gasteiger partial charge in [0.25, 0.3) is 0 Å². The van der Waals surface area contributed by atoms with Gasteiger partial charge in [-0.2, -0.15) is 5.10 Å². The molecule has 0 atom stereocenters. The first-order chi connectivity index (χ1) is 10.2. The van der Waals surface area contributed by atoms with Gasteiger partial charge in [-0.1, -0.05) is 6.92 Å².